The maximum absolute atomic E-state index is 6.04. The highest BCUT2D eigenvalue weighted by Gasteiger charge is 2.15. The van der Waals surface area contributed by atoms with Crippen molar-refractivity contribution in [2.45, 2.75) is 26.5 Å². The molecule has 0 spiro atoms. The van der Waals surface area contributed by atoms with E-state index in [0.29, 0.717) is 12.5 Å². The van der Waals surface area contributed by atoms with E-state index < -0.39 is 0 Å². The van der Waals surface area contributed by atoms with E-state index in [2.05, 4.69) is 38.2 Å². The van der Waals surface area contributed by atoms with Gasteiger partial charge in [0.2, 0.25) is 0 Å². The molecule has 2 aromatic rings. The summed E-state index contributed by atoms with van der Waals surface area (Å²) in [6, 6.07) is 11.8. The van der Waals surface area contributed by atoms with Gasteiger partial charge in [0.25, 0.3) is 0 Å². The molecule has 1 aromatic heterocycles. The van der Waals surface area contributed by atoms with Crippen molar-refractivity contribution in [3.05, 3.63) is 48.2 Å². The van der Waals surface area contributed by atoms with E-state index in [9.17, 15) is 0 Å². The van der Waals surface area contributed by atoms with Gasteiger partial charge in [-0.15, -0.1) is 0 Å². The largest absolute Gasteiger partial charge is 0.491 e. The Morgan fingerprint density at radius 2 is 1.89 bits per heavy atom. The minimum absolute atomic E-state index is 0.154. The monoisotopic (exact) mass is 382 g/mol. The van der Waals surface area contributed by atoms with E-state index >= 15 is 0 Å². The van der Waals surface area contributed by atoms with Crippen LogP contribution in [0.2, 0.25) is 0 Å². The van der Waals surface area contributed by atoms with E-state index in [1.54, 1.807) is 0 Å². The summed E-state index contributed by atoms with van der Waals surface area (Å²) in [6.45, 7) is 8.63. The lowest BCUT2D eigenvalue weighted by atomic mass is 10.2. The van der Waals surface area contributed by atoms with Gasteiger partial charge in [0.05, 0.1) is 12.6 Å². The molecule has 0 bridgehead atoms. The molecule has 0 aliphatic carbocycles. The molecule has 0 atom stereocenters. The molecule has 2 heterocycles. The highest BCUT2D eigenvalue weighted by atomic mass is 16.5. The van der Waals surface area contributed by atoms with Crippen LogP contribution in [0.15, 0.2) is 47.6 Å². The molecule has 0 unspecified atom stereocenters. The molecule has 1 aliphatic rings. The number of aliphatic imine (C=N–C) groups is 1. The number of hydrogen-bond donors (Lipinski definition) is 2. The van der Waals surface area contributed by atoms with Gasteiger partial charge in [0.1, 0.15) is 11.6 Å². The van der Waals surface area contributed by atoms with Gasteiger partial charge in [-0.25, -0.2) is 9.98 Å². The molecule has 3 rings (SSSR count). The van der Waals surface area contributed by atoms with Gasteiger partial charge in [0.15, 0.2) is 5.96 Å². The van der Waals surface area contributed by atoms with Gasteiger partial charge in [-0.2, -0.15) is 0 Å². The van der Waals surface area contributed by atoms with Gasteiger partial charge in [0, 0.05) is 38.1 Å². The molecule has 7 heteroatoms. The molecule has 150 valence electrons. The maximum Gasteiger partial charge on any atom is 0.193 e. The van der Waals surface area contributed by atoms with Crippen molar-refractivity contribution < 1.29 is 4.74 Å². The third-order valence-corrected chi connectivity index (χ3v) is 4.57. The van der Waals surface area contributed by atoms with Crippen molar-refractivity contribution in [2.24, 2.45) is 10.7 Å². The number of anilines is 2. The van der Waals surface area contributed by atoms with Crippen molar-refractivity contribution in [1.82, 2.24) is 9.88 Å². The lowest BCUT2D eigenvalue weighted by molar-refractivity contribution is 0.242. The van der Waals surface area contributed by atoms with Gasteiger partial charge in [-0.1, -0.05) is 0 Å². The van der Waals surface area contributed by atoms with Crippen LogP contribution in [0.4, 0.5) is 11.5 Å². The third-order valence-electron chi connectivity index (χ3n) is 4.57. The zero-order chi connectivity index (χ0) is 19.9. The summed E-state index contributed by atoms with van der Waals surface area (Å²) in [5.74, 6) is 2.23. The molecule has 28 heavy (non-hydrogen) atoms. The predicted octanol–water partition coefficient (Wildman–Crippen LogP) is 2.55. The molecule has 1 saturated heterocycles. The van der Waals surface area contributed by atoms with Crippen LogP contribution in [0.25, 0.3) is 0 Å². The number of rotatable bonds is 6. The van der Waals surface area contributed by atoms with Crippen molar-refractivity contribution in [2.75, 3.05) is 43.4 Å². The second kappa shape index (κ2) is 9.41. The number of pyridine rings is 1. The number of nitrogens with zero attached hydrogens (tertiary/aromatic N) is 4. The topological polar surface area (TPSA) is 79.0 Å². The summed E-state index contributed by atoms with van der Waals surface area (Å²) in [6.07, 6.45) is 2.00. The van der Waals surface area contributed by atoms with E-state index in [1.165, 1.54) is 0 Å². The Morgan fingerprint density at radius 1 is 1.18 bits per heavy atom. The number of guanidine groups is 1. The van der Waals surface area contributed by atoms with E-state index in [0.717, 1.165) is 49.0 Å². The average molecular weight is 383 g/mol. The molecule has 1 aliphatic heterocycles. The number of nitrogens with one attached hydrogen (secondary N) is 1. The number of ether oxygens (including phenoxy) is 1. The molecule has 1 fully saturated rings. The van der Waals surface area contributed by atoms with Crippen molar-refractivity contribution >= 4 is 17.5 Å². The summed E-state index contributed by atoms with van der Waals surface area (Å²) in [5, 5.41) is 3.12. The minimum Gasteiger partial charge on any atom is -0.491 e. The molecular formula is C21H30N6O. The van der Waals surface area contributed by atoms with Gasteiger partial charge < -0.3 is 25.6 Å². The number of hydrogen-bond acceptors (Lipinski definition) is 5. The minimum atomic E-state index is 0.154. The first-order valence-corrected chi connectivity index (χ1v) is 9.71. The Bertz CT molecular complexity index is 782. The lowest BCUT2D eigenvalue weighted by Crippen LogP contribution is -2.44. The standard InChI is InChI=1S/C21H30N6O/c1-16(2)28-19-6-4-18(5-7-19)25-21(22)24-15-17-8-9-23-20(14-17)27-12-10-26(3)11-13-27/h4-9,14,16H,10-13,15H2,1-3H3,(H3,22,24,25). The average Bonchev–Trinajstić information content (AvgIpc) is 2.68. The molecule has 0 saturated carbocycles. The smallest absolute Gasteiger partial charge is 0.193 e. The van der Waals surface area contributed by atoms with Crippen molar-refractivity contribution in [1.29, 1.82) is 0 Å². The number of nitrogens with two attached hydrogens (primary N) is 1. The second-order valence-electron chi connectivity index (χ2n) is 7.33. The Balaban J connectivity index is 1.56. The van der Waals surface area contributed by atoms with Crippen molar-refractivity contribution in [3.8, 4) is 5.75 Å². The van der Waals surface area contributed by atoms with E-state index in [1.807, 2.05) is 50.4 Å². The van der Waals surface area contributed by atoms with Gasteiger partial charge in [-0.3, -0.25) is 0 Å². The quantitative estimate of drug-likeness (QED) is 0.590. The Kier molecular flexibility index (Phi) is 6.71. The molecule has 0 radical (unpaired) electrons. The van der Waals surface area contributed by atoms with Gasteiger partial charge in [-0.05, 0) is 62.9 Å². The molecule has 1 aromatic carbocycles. The number of piperazine rings is 1. The Labute approximate surface area is 167 Å². The highest BCUT2D eigenvalue weighted by molar-refractivity contribution is 5.92. The predicted molar refractivity (Wildman–Crippen MR) is 115 cm³/mol. The fourth-order valence-electron chi connectivity index (χ4n) is 3.02. The van der Waals surface area contributed by atoms with Crippen LogP contribution in [0.3, 0.4) is 0 Å². The van der Waals surface area contributed by atoms with Crippen molar-refractivity contribution in [3.63, 3.8) is 0 Å². The molecule has 7 nitrogen and oxygen atoms in total. The van der Waals surface area contributed by atoms with Crippen LogP contribution in [-0.4, -0.2) is 55.2 Å². The fraction of sp³-hybridized carbons (Fsp3) is 0.429. The van der Waals surface area contributed by atoms with Crippen LogP contribution >= 0.6 is 0 Å². The van der Waals surface area contributed by atoms with E-state index in [-0.39, 0.29) is 6.10 Å². The summed E-state index contributed by atoms with van der Waals surface area (Å²) < 4.78 is 5.64. The first-order valence-electron chi connectivity index (χ1n) is 9.71. The fourth-order valence-corrected chi connectivity index (χ4v) is 3.02. The molecular weight excluding hydrogens is 352 g/mol. The van der Waals surface area contributed by atoms with Crippen LogP contribution in [-0.2, 0) is 6.54 Å². The van der Waals surface area contributed by atoms with Crippen LogP contribution in [0, 0.1) is 0 Å². The highest BCUT2D eigenvalue weighted by Crippen LogP contribution is 2.17. The first-order chi connectivity index (χ1) is 13.5. The SMILES string of the molecule is CC(C)Oc1ccc(NC(N)=NCc2ccnc(N3CCN(C)CC3)c2)cc1. The number of benzene rings is 1. The summed E-state index contributed by atoms with van der Waals surface area (Å²) >= 11 is 0. The Morgan fingerprint density at radius 3 is 2.57 bits per heavy atom. The summed E-state index contributed by atoms with van der Waals surface area (Å²) in [5.41, 5.74) is 8.02. The normalized spacial score (nSPS) is 15.7. The summed E-state index contributed by atoms with van der Waals surface area (Å²) in [4.78, 5) is 13.6. The van der Waals surface area contributed by atoms with Gasteiger partial charge >= 0.3 is 0 Å². The number of aromatic nitrogens is 1. The van der Waals surface area contributed by atoms with Crippen LogP contribution < -0.4 is 20.7 Å². The lowest BCUT2D eigenvalue weighted by Gasteiger charge is -2.33. The van der Waals surface area contributed by atoms with Crippen LogP contribution in [0.5, 0.6) is 5.75 Å². The zero-order valence-corrected chi connectivity index (χ0v) is 16.9. The molecule has 3 N–H and O–H groups in total. The second-order valence-corrected chi connectivity index (χ2v) is 7.33. The van der Waals surface area contributed by atoms with E-state index in [4.69, 9.17) is 10.5 Å². The summed E-state index contributed by atoms with van der Waals surface area (Å²) in [7, 11) is 2.15. The third kappa shape index (κ3) is 5.85. The number of likely N-dealkylation sites (N-methyl/N-ethyl adjacent to an activating group) is 1. The maximum atomic E-state index is 6.04. The zero-order valence-electron chi connectivity index (χ0n) is 16.9. The first kappa shape index (κ1) is 19.9. The Hall–Kier alpha value is -2.80. The molecule has 0 amide bonds. The van der Waals surface area contributed by atoms with Crippen LogP contribution in [0.1, 0.15) is 19.4 Å².